The van der Waals surface area contributed by atoms with Crippen LogP contribution in [0.5, 0.6) is 17.2 Å². The van der Waals surface area contributed by atoms with Gasteiger partial charge in [0.25, 0.3) is 0 Å². The molecule has 8 heteroatoms. The van der Waals surface area contributed by atoms with Gasteiger partial charge in [-0.2, -0.15) is 0 Å². The van der Waals surface area contributed by atoms with Gasteiger partial charge >= 0.3 is 13.8 Å². The molecule has 232 valence electrons. The summed E-state index contributed by atoms with van der Waals surface area (Å²) in [5.41, 5.74) is 5.71. The average molecular weight is 602 g/mol. The molecule has 0 amide bonds. The van der Waals surface area contributed by atoms with Crippen LogP contribution in [0.4, 0.5) is 0 Å². The van der Waals surface area contributed by atoms with Crippen molar-refractivity contribution >= 4 is 30.2 Å². The Hall–Kier alpha value is -3.55. The maximum absolute atomic E-state index is 6.57. The molecule has 0 saturated carbocycles. The van der Waals surface area contributed by atoms with Crippen molar-refractivity contribution in [3.8, 4) is 17.2 Å². The molecule has 2 aliphatic rings. The Morgan fingerprint density at radius 2 is 1.13 bits per heavy atom. The fourth-order valence-electron chi connectivity index (χ4n) is 6.00. The van der Waals surface area contributed by atoms with Gasteiger partial charge in [-0.15, -0.1) is 0 Å². The first-order valence-corrected chi connectivity index (χ1v) is 16.4. The van der Waals surface area contributed by atoms with Crippen LogP contribution in [0.15, 0.2) is 97.1 Å². The van der Waals surface area contributed by atoms with E-state index in [9.17, 15) is 0 Å². The minimum Gasteiger partial charge on any atom is -0.489 e. The smallest absolute Gasteiger partial charge is 0.361 e. The number of nitrogens with one attached hydrogen (secondary N) is 2. The Morgan fingerprint density at radius 1 is 0.622 bits per heavy atom. The molecule has 2 unspecified atom stereocenters. The molecule has 2 aliphatic heterocycles. The molecule has 0 spiro atoms. The van der Waals surface area contributed by atoms with Gasteiger partial charge in [-0.1, -0.05) is 73.1 Å². The second-order valence-electron chi connectivity index (χ2n) is 12.4. The van der Waals surface area contributed by atoms with Gasteiger partial charge in [0.1, 0.15) is 23.9 Å². The number of aryl methyl sites for hydroxylation is 1. The highest BCUT2D eigenvalue weighted by atomic mass is 16.5. The zero-order valence-corrected chi connectivity index (χ0v) is 26.5. The van der Waals surface area contributed by atoms with Crippen molar-refractivity contribution in [3.05, 3.63) is 108 Å². The summed E-state index contributed by atoms with van der Waals surface area (Å²) >= 11 is 0. The van der Waals surface area contributed by atoms with Crippen LogP contribution in [0.2, 0.25) is 6.82 Å². The molecule has 2 fully saturated rings. The molecule has 2 N–H and O–H groups in total. The first-order chi connectivity index (χ1) is 22.1. The lowest BCUT2D eigenvalue weighted by atomic mass is 9.55. The number of hydrogen-bond acceptors (Lipinski definition) is 6. The van der Waals surface area contributed by atoms with Crippen LogP contribution in [0, 0.1) is 6.92 Å². The molecule has 0 aliphatic carbocycles. The van der Waals surface area contributed by atoms with Crippen molar-refractivity contribution in [3.63, 3.8) is 0 Å². The monoisotopic (exact) mass is 602 g/mol. The first-order valence-electron chi connectivity index (χ1n) is 16.4. The topological polar surface area (TPSA) is 61.0 Å². The summed E-state index contributed by atoms with van der Waals surface area (Å²) in [4.78, 5) is 0. The van der Waals surface area contributed by atoms with Crippen molar-refractivity contribution in [2.24, 2.45) is 0 Å². The fraction of sp³-hybridized carbons (Fsp3) is 0.351. The van der Waals surface area contributed by atoms with Gasteiger partial charge in [0.15, 0.2) is 0 Å². The number of hydrogen-bond donors (Lipinski definition) is 2. The lowest BCUT2D eigenvalue weighted by Gasteiger charge is -2.19. The molecule has 0 bridgehead atoms. The van der Waals surface area contributed by atoms with Gasteiger partial charge in [-0.05, 0) is 104 Å². The second-order valence-corrected chi connectivity index (χ2v) is 12.4. The largest absolute Gasteiger partial charge is 0.489 e. The van der Waals surface area contributed by atoms with E-state index in [1.165, 1.54) is 30.3 Å². The summed E-state index contributed by atoms with van der Waals surface area (Å²) in [7, 11) is 0. The van der Waals surface area contributed by atoms with Crippen LogP contribution in [-0.4, -0.2) is 52.2 Å². The van der Waals surface area contributed by atoms with Crippen LogP contribution in [0.1, 0.15) is 36.8 Å². The van der Waals surface area contributed by atoms with E-state index >= 15 is 0 Å². The molecule has 0 radical (unpaired) electrons. The molecule has 2 saturated heterocycles. The molecule has 6 nitrogen and oxygen atoms in total. The van der Waals surface area contributed by atoms with Gasteiger partial charge in [0.2, 0.25) is 0 Å². The second kappa shape index (κ2) is 15.6. The van der Waals surface area contributed by atoms with E-state index < -0.39 is 0 Å². The summed E-state index contributed by atoms with van der Waals surface area (Å²) < 4.78 is 24.9. The Kier molecular flexibility index (Phi) is 10.9. The third kappa shape index (κ3) is 9.01. The van der Waals surface area contributed by atoms with E-state index in [4.69, 9.17) is 18.8 Å². The number of ether oxygens (including phenoxy) is 2. The van der Waals surface area contributed by atoms with Crippen LogP contribution < -0.4 is 36.5 Å². The zero-order valence-electron chi connectivity index (χ0n) is 26.5. The molecule has 45 heavy (non-hydrogen) atoms. The Labute approximate surface area is 269 Å². The highest BCUT2D eigenvalue weighted by Gasteiger charge is 2.25. The maximum Gasteiger partial charge on any atom is 0.361 e. The summed E-state index contributed by atoms with van der Waals surface area (Å²) in [6.45, 7) is 8.17. The minimum absolute atomic E-state index is 0.0607. The lowest BCUT2D eigenvalue weighted by molar-refractivity contribution is 0.285. The molecule has 4 aromatic rings. The predicted molar refractivity (Wildman–Crippen MR) is 185 cm³/mol. The van der Waals surface area contributed by atoms with E-state index in [2.05, 4.69) is 85.0 Å². The molecule has 4 aromatic carbocycles. The standard InChI is InChI=1S/C37H44B2N2O4/c1-28-7-17-36(18-8-28)45-37-21-15-32(16-22-37)39(44-27-34-6-4-24-41-34)31-11-9-29(10-12-31)25-42-35-19-13-30(14-20-35)38(2)43-26-33-5-3-23-40-33/h7-22,33-34,40-41H,3-6,23-27H2,1-2H3. The lowest BCUT2D eigenvalue weighted by Crippen LogP contribution is -2.47. The van der Waals surface area contributed by atoms with Gasteiger partial charge < -0.3 is 29.4 Å². The van der Waals surface area contributed by atoms with Gasteiger partial charge in [-0.3, -0.25) is 0 Å². The molecular formula is C37H44B2N2O4. The van der Waals surface area contributed by atoms with E-state index in [0.29, 0.717) is 25.3 Å². The summed E-state index contributed by atoms with van der Waals surface area (Å²) in [5, 5.41) is 7.04. The van der Waals surface area contributed by atoms with Crippen LogP contribution >= 0.6 is 0 Å². The van der Waals surface area contributed by atoms with Crippen molar-refractivity contribution in [2.45, 2.75) is 58.1 Å². The van der Waals surface area contributed by atoms with Crippen molar-refractivity contribution in [2.75, 3.05) is 26.3 Å². The summed E-state index contributed by atoms with van der Waals surface area (Å²) in [6, 6.07) is 34.1. The highest BCUT2D eigenvalue weighted by Crippen LogP contribution is 2.21. The normalized spacial score (nSPS) is 17.7. The molecule has 0 aromatic heterocycles. The molecule has 6 rings (SSSR count). The zero-order chi connectivity index (χ0) is 30.8. The third-order valence-corrected chi connectivity index (χ3v) is 8.81. The fourth-order valence-corrected chi connectivity index (χ4v) is 6.00. The average Bonchev–Trinajstić information content (AvgIpc) is 3.80. The van der Waals surface area contributed by atoms with Gasteiger partial charge in [0, 0.05) is 25.3 Å². The van der Waals surface area contributed by atoms with Crippen molar-refractivity contribution in [1.29, 1.82) is 0 Å². The number of benzene rings is 4. The van der Waals surface area contributed by atoms with Crippen molar-refractivity contribution < 1.29 is 18.8 Å². The molecule has 2 atom stereocenters. The molecule has 2 heterocycles. The van der Waals surface area contributed by atoms with Crippen molar-refractivity contribution in [1.82, 2.24) is 10.6 Å². The van der Waals surface area contributed by atoms with E-state index in [1.807, 2.05) is 36.4 Å². The Morgan fingerprint density at radius 3 is 1.71 bits per heavy atom. The first kappa shape index (κ1) is 31.4. The van der Waals surface area contributed by atoms with E-state index in [1.54, 1.807) is 0 Å². The van der Waals surface area contributed by atoms with Crippen LogP contribution in [0.25, 0.3) is 0 Å². The van der Waals surface area contributed by atoms with Crippen LogP contribution in [0.3, 0.4) is 0 Å². The molecular weight excluding hydrogens is 558 g/mol. The van der Waals surface area contributed by atoms with E-state index in [0.717, 1.165) is 59.9 Å². The maximum atomic E-state index is 6.57. The Bertz CT molecular complexity index is 1450. The van der Waals surface area contributed by atoms with Crippen LogP contribution in [-0.2, 0) is 15.9 Å². The summed E-state index contributed by atoms with van der Waals surface area (Å²) in [5.74, 6) is 2.49. The Balaban J connectivity index is 1.06. The minimum atomic E-state index is -0.169. The summed E-state index contributed by atoms with van der Waals surface area (Å²) in [6.07, 6.45) is 4.79. The SMILES string of the molecule is CB(OCC1CCCN1)c1ccc(OCc2ccc(B(OCC3CCCN3)c3ccc(Oc4ccc(C)cc4)cc3)cc2)cc1. The number of rotatable bonds is 14. The van der Waals surface area contributed by atoms with Gasteiger partial charge in [-0.25, -0.2) is 0 Å². The predicted octanol–water partition coefficient (Wildman–Crippen LogP) is 4.84. The van der Waals surface area contributed by atoms with E-state index in [-0.39, 0.29) is 13.8 Å². The highest BCUT2D eigenvalue weighted by molar-refractivity contribution is 6.80. The van der Waals surface area contributed by atoms with Gasteiger partial charge in [0.05, 0.1) is 0 Å². The quantitative estimate of drug-likeness (QED) is 0.202. The third-order valence-electron chi connectivity index (χ3n) is 8.81.